The molecule has 0 aliphatic carbocycles. The molecule has 1 rings (SSSR count). The molecule has 1 aromatic rings. The summed E-state index contributed by atoms with van der Waals surface area (Å²) in [4.78, 5) is 0. The fraction of sp³-hybridized carbons (Fsp3) is 0.538. The van der Waals surface area contributed by atoms with Gasteiger partial charge in [0.15, 0.2) is 0 Å². The molecule has 0 aliphatic heterocycles. The number of methoxy groups -OCH3 is 1. The van der Waals surface area contributed by atoms with Crippen LogP contribution in [-0.2, 0) is 4.74 Å². The lowest BCUT2D eigenvalue weighted by molar-refractivity contribution is 0.159. The van der Waals surface area contributed by atoms with Crippen LogP contribution in [0, 0.1) is 0 Å². The summed E-state index contributed by atoms with van der Waals surface area (Å²) in [7, 11) is 1.75. The van der Waals surface area contributed by atoms with Crippen molar-refractivity contribution >= 4 is 0 Å². The predicted molar refractivity (Wildman–Crippen MR) is 63.9 cm³/mol. The third kappa shape index (κ3) is 4.02. The summed E-state index contributed by atoms with van der Waals surface area (Å²) in [5.41, 5.74) is 1.33. The van der Waals surface area contributed by atoms with E-state index in [4.69, 9.17) is 4.74 Å². The molecule has 0 saturated carbocycles. The highest BCUT2D eigenvalue weighted by Crippen LogP contribution is 2.12. The number of nitrogens with one attached hydrogen (secondary N) is 1. The zero-order valence-electron chi connectivity index (χ0n) is 9.86. The molecule has 0 bridgehead atoms. The lowest BCUT2D eigenvalue weighted by Crippen LogP contribution is -2.34. The molecule has 0 spiro atoms. The van der Waals surface area contributed by atoms with Crippen LogP contribution >= 0.6 is 0 Å². The summed E-state index contributed by atoms with van der Waals surface area (Å²) in [5, 5.41) is 3.56. The first kappa shape index (κ1) is 12.2. The van der Waals surface area contributed by atoms with E-state index in [-0.39, 0.29) is 0 Å². The smallest absolute Gasteiger partial charge is 0.0615 e. The van der Waals surface area contributed by atoms with E-state index in [0.29, 0.717) is 12.1 Å². The highest BCUT2D eigenvalue weighted by Gasteiger charge is 2.10. The van der Waals surface area contributed by atoms with Crippen molar-refractivity contribution in [3.63, 3.8) is 0 Å². The molecule has 0 saturated heterocycles. The molecule has 0 radical (unpaired) electrons. The van der Waals surface area contributed by atoms with Crippen molar-refractivity contribution in [3.8, 4) is 0 Å². The third-order valence-corrected chi connectivity index (χ3v) is 2.65. The largest absolute Gasteiger partial charge is 0.383 e. The molecule has 0 aliphatic rings. The van der Waals surface area contributed by atoms with Gasteiger partial charge in [-0.05, 0) is 18.9 Å². The average Bonchev–Trinajstić information content (AvgIpc) is 2.29. The molecule has 1 aromatic carbocycles. The van der Waals surface area contributed by atoms with Gasteiger partial charge in [-0.3, -0.25) is 0 Å². The Morgan fingerprint density at radius 2 is 1.93 bits per heavy atom. The highest BCUT2D eigenvalue weighted by atomic mass is 16.5. The lowest BCUT2D eigenvalue weighted by Gasteiger charge is -2.21. The van der Waals surface area contributed by atoms with Crippen LogP contribution in [0.5, 0.6) is 0 Å². The Bertz CT molecular complexity index is 260. The lowest BCUT2D eigenvalue weighted by atomic mass is 10.1. The van der Waals surface area contributed by atoms with Gasteiger partial charge in [0.25, 0.3) is 0 Å². The molecule has 2 heteroatoms. The van der Waals surface area contributed by atoms with Crippen LogP contribution < -0.4 is 5.32 Å². The van der Waals surface area contributed by atoms with Gasteiger partial charge >= 0.3 is 0 Å². The maximum Gasteiger partial charge on any atom is 0.0615 e. The van der Waals surface area contributed by atoms with Crippen molar-refractivity contribution < 1.29 is 4.74 Å². The Balaban J connectivity index is 2.50. The molecule has 84 valence electrons. The van der Waals surface area contributed by atoms with Crippen LogP contribution in [0.1, 0.15) is 31.9 Å². The zero-order chi connectivity index (χ0) is 11.1. The van der Waals surface area contributed by atoms with Gasteiger partial charge in [0.2, 0.25) is 0 Å². The van der Waals surface area contributed by atoms with Gasteiger partial charge in [-0.25, -0.2) is 0 Å². The number of ether oxygens (including phenoxy) is 1. The summed E-state index contributed by atoms with van der Waals surface area (Å²) in [6.45, 7) is 5.13. The first-order valence-electron chi connectivity index (χ1n) is 5.57. The topological polar surface area (TPSA) is 21.3 Å². The van der Waals surface area contributed by atoms with E-state index >= 15 is 0 Å². The van der Waals surface area contributed by atoms with E-state index in [2.05, 4.69) is 43.4 Å². The SMILES string of the molecule is CCC(COC)N[C@H](C)c1ccccc1. The summed E-state index contributed by atoms with van der Waals surface area (Å²) in [6, 6.07) is 11.3. The van der Waals surface area contributed by atoms with Gasteiger partial charge < -0.3 is 10.1 Å². The molecule has 2 atom stereocenters. The van der Waals surface area contributed by atoms with Gasteiger partial charge in [-0.2, -0.15) is 0 Å². The molecule has 1 unspecified atom stereocenters. The van der Waals surface area contributed by atoms with Crippen LogP contribution in [0.4, 0.5) is 0 Å². The Morgan fingerprint density at radius 3 is 2.47 bits per heavy atom. The standard InChI is InChI=1S/C13H21NO/c1-4-13(10-15-3)14-11(2)12-8-6-5-7-9-12/h5-9,11,13-14H,4,10H2,1-3H3/t11-,13?/m1/s1. The summed E-state index contributed by atoms with van der Waals surface area (Å²) in [5.74, 6) is 0. The molecule has 2 nitrogen and oxygen atoms in total. The maximum absolute atomic E-state index is 5.17. The fourth-order valence-corrected chi connectivity index (χ4v) is 1.68. The summed E-state index contributed by atoms with van der Waals surface area (Å²) >= 11 is 0. The number of benzene rings is 1. The number of hydrogen-bond acceptors (Lipinski definition) is 2. The maximum atomic E-state index is 5.17. The monoisotopic (exact) mass is 207 g/mol. The minimum Gasteiger partial charge on any atom is -0.383 e. The van der Waals surface area contributed by atoms with E-state index in [1.807, 2.05) is 6.07 Å². The summed E-state index contributed by atoms with van der Waals surface area (Å²) in [6.07, 6.45) is 1.09. The molecular weight excluding hydrogens is 186 g/mol. The molecule has 0 amide bonds. The summed E-state index contributed by atoms with van der Waals surface area (Å²) < 4.78 is 5.17. The molecule has 0 fully saturated rings. The first-order chi connectivity index (χ1) is 7.27. The van der Waals surface area contributed by atoms with E-state index in [1.165, 1.54) is 5.56 Å². The predicted octanol–water partition coefficient (Wildman–Crippen LogP) is 2.76. The van der Waals surface area contributed by atoms with Crippen LogP contribution in [0.25, 0.3) is 0 Å². The van der Waals surface area contributed by atoms with Crippen molar-refractivity contribution in [2.45, 2.75) is 32.4 Å². The Morgan fingerprint density at radius 1 is 1.27 bits per heavy atom. The van der Waals surface area contributed by atoms with Gasteiger partial charge in [0.05, 0.1) is 6.61 Å². The van der Waals surface area contributed by atoms with E-state index < -0.39 is 0 Å². The second-order valence-electron chi connectivity index (χ2n) is 3.86. The second-order valence-corrected chi connectivity index (χ2v) is 3.86. The zero-order valence-corrected chi connectivity index (χ0v) is 9.86. The van der Waals surface area contributed by atoms with Gasteiger partial charge in [-0.1, -0.05) is 37.3 Å². The minimum absolute atomic E-state index is 0.381. The van der Waals surface area contributed by atoms with Crippen molar-refractivity contribution in [1.82, 2.24) is 5.32 Å². The molecule has 0 aromatic heterocycles. The van der Waals surface area contributed by atoms with Crippen LogP contribution in [0.15, 0.2) is 30.3 Å². The van der Waals surface area contributed by atoms with Crippen molar-refractivity contribution in [2.75, 3.05) is 13.7 Å². The van der Waals surface area contributed by atoms with Crippen LogP contribution in [0.2, 0.25) is 0 Å². The van der Waals surface area contributed by atoms with E-state index in [9.17, 15) is 0 Å². The number of rotatable bonds is 6. The van der Waals surface area contributed by atoms with Gasteiger partial charge in [-0.15, -0.1) is 0 Å². The number of hydrogen-bond donors (Lipinski definition) is 1. The van der Waals surface area contributed by atoms with Crippen molar-refractivity contribution in [2.24, 2.45) is 0 Å². The van der Waals surface area contributed by atoms with Gasteiger partial charge in [0.1, 0.15) is 0 Å². The molecule has 0 heterocycles. The molecule has 1 N–H and O–H groups in total. The van der Waals surface area contributed by atoms with E-state index in [0.717, 1.165) is 13.0 Å². The quantitative estimate of drug-likeness (QED) is 0.774. The Kier molecular flexibility index (Phi) is 5.37. The van der Waals surface area contributed by atoms with Crippen LogP contribution in [-0.4, -0.2) is 19.8 Å². The van der Waals surface area contributed by atoms with Gasteiger partial charge in [0, 0.05) is 19.2 Å². The first-order valence-corrected chi connectivity index (χ1v) is 5.57. The fourth-order valence-electron chi connectivity index (χ4n) is 1.68. The van der Waals surface area contributed by atoms with Crippen molar-refractivity contribution in [3.05, 3.63) is 35.9 Å². The minimum atomic E-state index is 0.381. The average molecular weight is 207 g/mol. The van der Waals surface area contributed by atoms with Crippen LogP contribution in [0.3, 0.4) is 0 Å². The highest BCUT2D eigenvalue weighted by molar-refractivity contribution is 5.18. The molecular formula is C13H21NO. The normalized spacial score (nSPS) is 14.9. The van der Waals surface area contributed by atoms with E-state index in [1.54, 1.807) is 7.11 Å². The molecule has 15 heavy (non-hydrogen) atoms. The Labute approximate surface area is 92.6 Å². The van der Waals surface area contributed by atoms with Crippen molar-refractivity contribution in [1.29, 1.82) is 0 Å². The third-order valence-electron chi connectivity index (χ3n) is 2.65. The Hall–Kier alpha value is -0.860. The second kappa shape index (κ2) is 6.59.